The first-order chi connectivity index (χ1) is 8.59. The Labute approximate surface area is 111 Å². The van der Waals surface area contributed by atoms with Crippen LogP contribution in [0.15, 0.2) is 12.3 Å². The van der Waals surface area contributed by atoms with Crippen molar-refractivity contribution in [2.75, 3.05) is 11.9 Å². The lowest BCUT2D eigenvalue weighted by Gasteiger charge is -2.24. The Hall–Kier alpha value is -1.69. The maximum absolute atomic E-state index is 11.7. The van der Waals surface area contributed by atoms with Crippen LogP contribution in [-0.4, -0.2) is 28.5 Å². The number of hydrogen-bond donors (Lipinski definition) is 3. The molecule has 1 aliphatic heterocycles. The van der Waals surface area contributed by atoms with Gasteiger partial charge in [-0.2, -0.15) is 0 Å². The number of carbonyl (C=O) groups is 1. The van der Waals surface area contributed by atoms with Crippen LogP contribution >= 0.6 is 12.2 Å². The van der Waals surface area contributed by atoms with Crippen LogP contribution in [-0.2, 0) is 4.79 Å². The van der Waals surface area contributed by atoms with Crippen LogP contribution < -0.4 is 16.4 Å². The molecule has 0 bridgehead atoms. The predicted molar refractivity (Wildman–Crippen MR) is 74.5 cm³/mol. The summed E-state index contributed by atoms with van der Waals surface area (Å²) in [6.07, 6.45) is 3.43. The second-order valence-electron chi connectivity index (χ2n) is 4.35. The van der Waals surface area contributed by atoms with Crippen LogP contribution in [0.1, 0.15) is 24.0 Å². The van der Waals surface area contributed by atoms with Gasteiger partial charge in [0.25, 0.3) is 0 Å². The van der Waals surface area contributed by atoms with E-state index in [1.807, 2.05) is 13.0 Å². The highest BCUT2D eigenvalue weighted by Crippen LogP contribution is 2.19. The van der Waals surface area contributed by atoms with Gasteiger partial charge < -0.3 is 16.4 Å². The molecule has 2 rings (SSSR count). The van der Waals surface area contributed by atoms with Gasteiger partial charge in [0.1, 0.15) is 16.8 Å². The number of nitrogens with two attached hydrogens (primary N) is 1. The Morgan fingerprint density at radius 1 is 1.67 bits per heavy atom. The zero-order chi connectivity index (χ0) is 13.1. The molecule has 1 unspecified atom stereocenters. The number of rotatable bonds is 3. The number of carbonyl (C=O) groups excluding carboxylic acids is 1. The maximum atomic E-state index is 11.7. The highest BCUT2D eigenvalue weighted by atomic mass is 32.1. The van der Waals surface area contributed by atoms with Crippen molar-refractivity contribution >= 4 is 28.9 Å². The van der Waals surface area contributed by atoms with Crippen molar-refractivity contribution in [3.05, 3.63) is 23.4 Å². The number of piperidine rings is 1. The summed E-state index contributed by atoms with van der Waals surface area (Å²) in [5.41, 5.74) is 7.37. The van der Waals surface area contributed by atoms with Gasteiger partial charge in [-0.1, -0.05) is 12.2 Å². The molecule has 4 N–H and O–H groups in total. The summed E-state index contributed by atoms with van der Waals surface area (Å²) in [5, 5.41) is 5.95. The summed E-state index contributed by atoms with van der Waals surface area (Å²) in [7, 11) is 0. The average molecular weight is 264 g/mol. The number of aryl methyl sites for hydroxylation is 1. The van der Waals surface area contributed by atoms with E-state index in [0.29, 0.717) is 16.4 Å². The SMILES string of the molecule is Cc1ccnc(NC2CCCNC2=O)c1C(N)=S. The second-order valence-corrected chi connectivity index (χ2v) is 4.79. The summed E-state index contributed by atoms with van der Waals surface area (Å²) in [4.78, 5) is 16.2. The van der Waals surface area contributed by atoms with Crippen molar-refractivity contribution in [3.63, 3.8) is 0 Å². The molecule has 0 spiro atoms. The number of nitrogens with zero attached hydrogens (tertiary/aromatic N) is 1. The van der Waals surface area contributed by atoms with Crippen LogP contribution in [0, 0.1) is 6.92 Å². The number of nitrogens with one attached hydrogen (secondary N) is 2. The van der Waals surface area contributed by atoms with E-state index in [-0.39, 0.29) is 11.9 Å². The molecule has 0 aromatic carbocycles. The van der Waals surface area contributed by atoms with Crippen molar-refractivity contribution in [1.29, 1.82) is 0 Å². The Bertz CT molecular complexity index is 489. The Balaban J connectivity index is 2.25. The van der Waals surface area contributed by atoms with Gasteiger partial charge in [0.05, 0.1) is 5.56 Å². The number of hydrogen-bond acceptors (Lipinski definition) is 4. The number of amides is 1. The fourth-order valence-electron chi connectivity index (χ4n) is 2.05. The molecule has 0 aliphatic carbocycles. The summed E-state index contributed by atoms with van der Waals surface area (Å²) >= 11 is 5.03. The number of anilines is 1. The minimum Gasteiger partial charge on any atom is -0.389 e. The van der Waals surface area contributed by atoms with E-state index in [9.17, 15) is 4.79 Å². The molecule has 1 amide bonds. The van der Waals surface area contributed by atoms with E-state index in [4.69, 9.17) is 18.0 Å². The van der Waals surface area contributed by atoms with Crippen LogP contribution in [0.3, 0.4) is 0 Å². The van der Waals surface area contributed by atoms with E-state index in [1.54, 1.807) is 6.20 Å². The zero-order valence-corrected chi connectivity index (χ0v) is 11.0. The normalized spacial score (nSPS) is 19.2. The van der Waals surface area contributed by atoms with Crippen molar-refractivity contribution < 1.29 is 4.79 Å². The Morgan fingerprint density at radius 2 is 2.44 bits per heavy atom. The van der Waals surface area contributed by atoms with E-state index in [0.717, 1.165) is 24.9 Å². The van der Waals surface area contributed by atoms with Crippen molar-refractivity contribution in [1.82, 2.24) is 10.3 Å². The average Bonchev–Trinajstić information content (AvgIpc) is 2.31. The van der Waals surface area contributed by atoms with Gasteiger partial charge >= 0.3 is 0 Å². The maximum Gasteiger partial charge on any atom is 0.242 e. The lowest BCUT2D eigenvalue weighted by Crippen LogP contribution is -2.44. The van der Waals surface area contributed by atoms with Crippen molar-refractivity contribution in [2.24, 2.45) is 5.73 Å². The first kappa shape index (κ1) is 12.8. The van der Waals surface area contributed by atoms with Crippen molar-refractivity contribution in [2.45, 2.75) is 25.8 Å². The molecule has 1 atom stereocenters. The largest absolute Gasteiger partial charge is 0.389 e. The van der Waals surface area contributed by atoms with Gasteiger partial charge in [-0.15, -0.1) is 0 Å². The molecule has 5 nitrogen and oxygen atoms in total. The molecule has 18 heavy (non-hydrogen) atoms. The third-order valence-corrected chi connectivity index (χ3v) is 3.21. The molecule has 1 saturated heterocycles. The lowest BCUT2D eigenvalue weighted by molar-refractivity contribution is -0.123. The van der Waals surface area contributed by atoms with Gasteiger partial charge in [-0.3, -0.25) is 4.79 Å². The quantitative estimate of drug-likeness (QED) is 0.701. The first-order valence-electron chi connectivity index (χ1n) is 5.89. The van der Waals surface area contributed by atoms with Gasteiger partial charge in [0.15, 0.2) is 0 Å². The lowest BCUT2D eigenvalue weighted by atomic mass is 10.1. The van der Waals surface area contributed by atoms with E-state index in [2.05, 4.69) is 15.6 Å². The monoisotopic (exact) mass is 264 g/mol. The molecule has 1 aromatic heterocycles. The third kappa shape index (κ3) is 2.59. The highest BCUT2D eigenvalue weighted by Gasteiger charge is 2.23. The van der Waals surface area contributed by atoms with E-state index < -0.39 is 0 Å². The van der Waals surface area contributed by atoms with Crippen molar-refractivity contribution in [3.8, 4) is 0 Å². The molecule has 1 fully saturated rings. The minimum atomic E-state index is -0.263. The highest BCUT2D eigenvalue weighted by molar-refractivity contribution is 7.80. The Kier molecular flexibility index (Phi) is 3.76. The fourth-order valence-corrected chi connectivity index (χ4v) is 2.31. The molecular weight excluding hydrogens is 248 g/mol. The summed E-state index contributed by atoms with van der Waals surface area (Å²) in [6.45, 7) is 2.66. The van der Waals surface area contributed by atoms with Crippen LogP contribution in [0.5, 0.6) is 0 Å². The Morgan fingerprint density at radius 3 is 3.11 bits per heavy atom. The number of pyridine rings is 1. The summed E-state index contributed by atoms with van der Waals surface area (Å²) in [5.74, 6) is 0.586. The van der Waals surface area contributed by atoms with E-state index >= 15 is 0 Å². The van der Waals surface area contributed by atoms with Gasteiger partial charge in [-0.05, 0) is 31.4 Å². The molecule has 96 valence electrons. The number of aromatic nitrogens is 1. The van der Waals surface area contributed by atoms with Gasteiger partial charge in [0.2, 0.25) is 5.91 Å². The third-order valence-electron chi connectivity index (χ3n) is 3.00. The topological polar surface area (TPSA) is 80.0 Å². The number of thiocarbonyl (C=S) groups is 1. The fraction of sp³-hybridized carbons (Fsp3) is 0.417. The molecule has 1 aromatic rings. The summed E-state index contributed by atoms with van der Waals surface area (Å²) in [6, 6.07) is 1.59. The summed E-state index contributed by atoms with van der Waals surface area (Å²) < 4.78 is 0. The predicted octanol–water partition coefficient (Wildman–Crippen LogP) is 0.715. The van der Waals surface area contributed by atoms with Crippen LogP contribution in [0.25, 0.3) is 0 Å². The van der Waals surface area contributed by atoms with Gasteiger partial charge in [0, 0.05) is 12.7 Å². The zero-order valence-electron chi connectivity index (χ0n) is 10.2. The van der Waals surface area contributed by atoms with Crippen LogP contribution in [0.2, 0.25) is 0 Å². The molecule has 2 heterocycles. The minimum absolute atomic E-state index is 0.00144. The van der Waals surface area contributed by atoms with E-state index in [1.165, 1.54) is 0 Å². The van der Waals surface area contributed by atoms with Gasteiger partial charge in [-0.25, -0.2) is 4.98 Å². The molecule has 6 heteroatoms. The molecule has 0 radical (unpaired) electrons. The second kappa shape index (κ2) is 5.30. The molecular formula is C12H16N4OS. The first-order valence-corrected chi connectivity index (χ1v) is 6.30. The smallest absolute Gasteiger partial charge is 0.242 e. The standard InChI is InChI=1S/C12H16N4OS/c1-7-4-6-14-11(9(7)10(13)18)16-8-3-2-5-15-12(8)17/h4,6,8H,2-3,5H2,1H3,(H2,13,18)(H,14,16)(H,15,17). The molecule has 0 saturated carbocycles. The van der Waals surface area contributed by atoms with Crippen LogP contribution in [0.4, 0.5) is 5.82 Å². The molecule has 1 aliphatic rings.